The van der Waals surface area contributed by atoms with Crippen LogP contribution in [0.4, 0.5) is 0 Å². The first-order valence-corrected chi connectivity index (χ1v) is 5.97. The number of alkyl halides is 1. The fourth-order valence-corrected chi connectivity index (χ4v) is 2.76. The molecule has 0 aromatic heterocycles. The first-order valence-electron chi connectivity index (χ1n) is 5.44. The third-order valence-corrected chi connectivity index (χ3v) is 3.56. The molecule has 1 saturated heterocycles. The van der Waals surface area contributed by atoms with Crippen LogP contribution < -0.4 is 0 Å². The number of rotatable bonds is 2. The molecule has 14 heavy (non-hydrogen) atoms. The van der Waals surface area contributed by atoms with Crippen molar-refractivity contribution in [3.05, 3.63) is 0 Å². The molecule has 0 radical (unpaired) electrons. The van der Waals surface area contributed by atoms with Gasteiger partial charge < -0.3 is 5.11 Å². The van der Waals surface area contributed by atoms with Crippen molar-refractivity contribution in [2.24, 2.45) is 5.92 Å². The molecule has 1 rings (SSSR count). The maximum Gasteiger partial charge on any atom is 0.0590 e. The lowest BCUT2D eigenvalue weighted by Crippen LogP contribution is -2.56. The van der Waals surface area contributed by atoms with Gasteiger partial charge in [0.15, 0.2) is 0 Å². The van der Waals surface area contributed by atoms with Gasteiger partial charge in [0.05, 0.1) is 6.61 Å². The molecule has 1 N–H and O–H groups in total. The SMILES string of the molecule is CC(C)(C)N1CCC[C@@H](CCl)C1CO. The normalized spacial score (nSPS) is 30.6. The molecule has 3 heteroatoms. The van der Waals surface area contributed by atoms with E-state index in [4.69, 9.17) is 11.6 Å². The first kappa shape index (κ1) is 12.3. The summed E-state index contributed by atoms with van der Waals surface area (Å²) < 4.78 is 0. The second kappa shape index (κ2) is 4.82. The summed E-state index contributed by atoms with van der Waals surface area (Å²) in [5.41, 5.74) is 0.137. The Morgan fingerprint density at radius 1 is 1.43 bits per heavy atom. The van der Waals surface area contributed by atoms with E-state index in [1.54, 1.807) is 0 Å². The quantitative estimate of drug-likeness (QED) is 0.720. The summed E-state index contributed by atoms with van der Waals surface area (Å²) in [6, 6.07) is 0.251. The fourth-order valence-electron chi connectivity index (χ4n) is 2.40. The van der Waals surface area contributed by atoms with E-state index in [9.17, 15) is 5.11 Å². The van der Waals surface area contributed by atoms with Crippen molar-refractivity contribution in [2.45, 2.75) is 45.2 Å². The predicted molar refractivity (Wildman–Crippen MR) is 60.8 cm³/mol. The van der Waals surface area contributed by atoms with Gasteiger partial charge in [-0.2, -0.15) is 0 Å². The zero-order valence-corrected chi connectivity index (χ0v) is 10.2. The molecule has 0 spiro atoms. The average Bonchev–Trinajstić information content (AvgIpc) is 2.15. The van der Waals surface area contributed by atoms with Crippen molar-refractivity contribution in [3.8, 4) is 0 Å². The van der Waals surface area contributed by atoms with Gasteiger partial charge in [0.2, 0.25) is 0 Å². The molecule has 0 bridgehead atoms. The number of aliphatic hydroxyl groups is 1. The molecule has 1 heterocycles. The highest BCUT2D eigenvalue weighted by Crippen LogP contribution is 2.30. The third-order valence-electron chi connectivity index (χ3n) is 3.17. The Balaban J connectivity index is 2.73. The second-order valence-electron chi connectivity index (χ2n) is 5.17. The molecule has 2 nitrogen and oxygen atoms in total. The van der Waals surface area contributed by atoms with Crippen LogP contribution in [0.3, 0.4) is 0 Å². The smallest absolute Gasteiger partial charge is 0.0590 e. The Kier molecular flexibility index (Phi) is 4.23. The van der Waals surface area contributed by atoms with Gasteiger partial charge in [-0.05, 0) is 46.1 Å². The molecule has 0 aromatic carbocycles. The molecule has 0 saturated carbocycles. The Morgan fingerprint density at radius 3 is 2.50 bits per heavy atom. The number of hydrogen-bond donors (Lipinski definition) is 1. The fraction of sp³-hybridized carbons (Fsp3) is 1.00. The number of likely N-dealkylation sites (tertiary alicyclic amines) is 1. The zero-order chi connectivity index (χ0) is 10.8. The monoisotopic (exact) mass is 219 g/mol. The van der Waals surface area contributed by atoms with Gasteiger partial charge in [0.1, 0.15) is 0 Å². The number of aliphatic hydroxyl groups excluding tert-OH is 1. The van der Waals surface area contributed by atoms with E-state index in [-0.39, 0.29) is 18.2 Å². The Bertz CT molecular complexity index is 179. The Hall–Kier alpha value is 0.210. The lowest BCUT2D eigenvalue weighted by Gasteiger charge is -2.47. The van der Waals surface area contributed by atoms with Gasteiger partial charge in [-0.15, -0.1) is 11.6 Å². The molecule has 0 aromatic rings. The molecule has 0 aliphatic carbocycles. The van der Waals surface area contributed by atoms with E-state index in [2.05, 4.69) is 25.7 Å². The predicted octanol–water partition coefficient (Wildman–Crippen LogP) is 2.10. The summed E-state index contributed by atoms with van der Waals surface area (Å²) in [6.45, 7) is 7.92. The van der Waals surface area contributed by atoms with Gasteiger partial charge >= 0.3 is 0 Å². The van der Waals surface area contributed by atoms with E-state index in [0.717, 1.165) is 13.0 Å². The molecule has 84 valence electrons. The third kappa shape index (κ3) is 2.62. The Labute approximate surface area is 92.2 Å². The van der Waals surface area contributed by atoms with Crippen LogP contribution in [0.5, 0.6) is 0 Å². The molecule has 1 aliphatic heterocycles. The van der Waals surface area contributed by atoms with Gasteiger partial charge in [0, 0.05) is 17.5 Å². The van der Waals surface area contributed by atoms with Crippen LogP contribution in [0, 0.1) is 5.92 Å². The van der Waals surface area contributed by atoms with Crippen molar-refractivity contribution in [1.82, 2.24) is 4.90 Å². The van der Waals surface area contributed by atoms with Crippen LogP contribution in [0.15, 0.2) is 0 Å². The zero-order valence-electron chi connectivity index (χ0n) is 9.46. The molecular weight excluding hydrogens is 198 g/mol. The highest BCUT2D eigenvalue weighted by molar-refractivity contribution is 6.18. The molecule has 0 amide bonds. The highest BCUT2D eigenvalue weighted by atomic mass is 35.5. The summed E-state index contributed by atoms with van der Waals surface area (Å²) in [5.74, 6) is 1.12. The first-order chi connectivity index (χ1) is 6.50. The highest BCUT2D eigenvalue weighted by Gasteiger charge is 2.35. The lowest BCUT2D eigenvalue weighted by atomic mass is 9.87. The molecule has 2 atom stereocenters. The number of nitrogens with zero attached hydrogens (tertiary/aromatic N) is 1. The van der Waals surface area contributed by atoms with Crippen molar-refractivity contribution >= 4 is 11.6 Å². The minimum atomic E-state index is 0.137. The van der Waals surface area contributed by atoms with Gasteiger partial charge in [0.25, 0.3) is 0 Å². The molecule has 1 unspecified atom stereocenters. The second-order valence-corrected chi connectivity index (χ2v) is 5.48. The van der Waals surface area contributed by atoms with Crippen LogP contribution in [-0.4, -0.2) is 40.6 Å². The number of hydrogen-bond acceptors (Lipinski definition) is 2. The maximum absolute atomic E-state index is 9.43. The largest absolute Gasteiger partial charge is 0.395 e. The van der Waals surface area contributed by atoms with E-state index >= 15 is 0 Å². The standard InChI is InChI=1S/C11H22ClNO/c1-11(2,3)13-6-4-5-9(7-12)10(13)8-14/h9-10,14H,4-8H2,1-3H3/t9-,10?/m0/s1. The summed E-state index contributed by atoms with van der Waals surface area (Å²) in [7, 11) is 0. The van der Waals surface area contributed by atoms with Crippen LogP contribution in [0.25, 0.3) is 0 Å². The van der Waals surface area contributed by atoms with E-state index in [1.807, 2.05) is 0 Å². The van der Waals surface area contributed by atoms with Crippen LogP contribution in [0.1, 0.15) is 33.6 Å². The summed E-state index contributed by atoms with van der Waals surface area (Å²) in [6.07, 6.45) is 2.35. The maximum atomic E-state index is 9.43. The van der Waals surface area contributed by atoms with E-state index < -0.39 is 0 Å². The van der Waals surface area contributed by atoms with Crippen molar-refractivity contribution < 1.29 is 5.11 Å². The average molecular weight is 220 g/mol. The summed E-state index contributed by atoms with van der Waals surface area (Å²) in [4.78, 5) is 2.39. The van der Waals surface area contributed by atoms with Crippen LogP contribution in [0.2, 0.25) is 0 Å². The topological polar surface area (TPSA) is 23.5 Å². The minimum absolute atomic E-state index is 0.137. The van der Waals surface area contributed by atoms with Crippen molar-refractivity contribution in [3.63, 3.8) is 0 Å². The van der Waals surface area contributed by atoms with Crippen molar-refractivity contribution in [2.75, 3.05) is 19.0 Å². The van der Waals surface area contributed by atoms with E-state index in [0.29, 0.717) is 11.8 Å². The summed E-state index contributed by atoms with van der Waals surface area (Å²) in [5, 5.41) is 9.43. The van der Waals surface area contributed by atoms with Gasteiger partial charge in [-0.1, -0.05) is 0 Å². The lowest BCUT2D eigenvalue weighted by molar-refractivity contribution is -0.00716. The van der Waals surface area contributed by atoms with Gasteiger partial charge in [-0.25, -0.2) is 0 Å². The minimum Gasteiger partial charge on any atom is -0.395 e. The van der Waals surface area contributed by atoms with Gasteiger partial charge in [-0.3, -0.25) is 4.90 Å². The van der Waals surface area contributed by atoms with Crippen LogP contribution in [-0.2, 0) is 0 Å². The van der Waals surface area contributed by atoms with Crippen molar-refractivity contribution in [1.29, 1.82) is 0 Å². The van der Waals surface area contributed by atoms with E-state index in [1.165, 1.54) is 6.42 Å². The van der Waals surface area contributed by atoms with Crippen LogP contribution >= 0.6 is 11.6 Å². The summed E-state index contributed by atoms with van der Waals surface area (Å²) >= 11 is 5.93. The number of halogens is 1. The molecule has 1 aliphatic rings. The molecular formula is C11H22ClNO. The molecule has 1 fully saturated rings. The Morgan fingerprint density at radius 2 is 2.07 bits per heavy atom. The number of piperidine rings is 1.